The second kappa shape index (κ2) is 32.9. The van der Waals surface area contributed by atoms with Crippen molar-refractivity contribution in [2.45, 2.75) is 233 Å². The van der Waals surface area contributed by atoms with Crippen LogP contribution in [0, 0.1) is 0 Å². The summed E-state index contributed by atoms with van der Waals surface area (Å²) >= 11 is 0. The van der Waals surface area contributed by atoms with Gasteiger partial charge in [-0.15, -0.1) is 0 Å². The standard InChI is InChI=1S/C62H94O4/c1-5-9-13-17-21-25-29-35-41-63-59-47-55-53-45-51-39-33-34-40-52(51)46-54(53)56-48-60(64-42-36-30-26-22-18-14-10-6-2)62(66-44-38-32-28-24-20-16-12-8-4)50-58(56)57(55)49-61(59)65-43-37-31-27-23-19-15-11-7-3/h33-34,39-40,45-50H,5-32,35-38,41-44H2,1-4H3. The molecule has 4 heteroatoms. The summed E-state index contributed by atoms with van der Waals surface area (Å²) in [6.07, 6.45) is 41.0. The monoisotopic (exact) mass is 903 g/mol. The van der Waals surface area contributed by atoms with E-state index in [0.29, 0.717) is 26.4 Å². The number of hydrogen-bond donors (Lipinski definition) is 0. The average molecular weight is 903 g/mol. The van der Waals surface area contributed by atoms with Crippen molar-refractivity contribution in [1.82, 2.24) is 0 Å². The molecule has 0 fully saturated rings. The minimum atomic E-state index is 0.703. The summed E-state index contributed by atoms with van der Waals surface area (Å²) in [5, 5.41) is 9.76. The number of ether oxygens (including phenoxy) is 4. The first-order valence-electron chi connectivity index (χ1n) is 28.1. The molecule has 0 aliphatic rings. The molecule has 366 valence electrons. The summed E-state index contributed by atoms with van der Waals surface area (Å²) in [6, 6.07) is 22.8. The van der Waals surface area contributed by atoms with Crippen molar-refractivity contribution in [3.8, 4) is 23.0 Å². The minimum absolute atomic E-state index is 0.703. The van der Waals surface area contributed by atoms with E-state index in [1.807, 2.05) is 0 Å². The van der Waals surface area contributed by atoms with Crippen molar-refractivity contribution in [2.24, 2.45) is 0 Å². The summed E-state index contributed by atoms with van der Waals surface area (Å²) in [7, 11) is 0. The van der Waals surface area contributed by atoms with Crippen LogP contribution in [-0.2, 0) is 0 Å². The van der Waals surface area contributed by atoms with Crippen LogP contribution < -0.4 is 18.9 Å². The molecule has 0 aliphatic carbocycles. The third-order valence-corrected chi connectivity index (χ3v) is 13.9. The lowest BCUT2D eigenvalue weighted by atomic mass is 9.91. The van der Waals surface area contributed by atoms with Crippen LogP contribution >= 0.6 is 0 Å². The lowest BCUT2D eigenvalue weighted by molar-refractivity contribution is 0.258. The number of rotatable bonds is 40. The first kappa shape index (κ1) is 53.3. The van der Waals surface area contributed by atoms with Crippen LogP contribution in [0.4, 0.5) is 0 Å². The Morgan fingerprint density at radius 2 is 0.439 bits per heavy atom. The van der Waals surface area contributed by atoms with Crippen LogP contribution in [0.2, 0.25) is 0 Å². The van der Waals surface area contributed by atoms with Crippen molar-refractivity contribution >= 4 is 43.1 Å². The van der Waals surface area contributed by atoms with Gasteiger partial charge in [-0.1, -0.05) is 232 Å². The summed E-state index contributed by atoms with van der Waals surface area (Å²) in [6.45, 7) is 12.0. The highest BCUT2D eigenvalue weighted by molar-refractivity contribution is 6.28. The zero-order valence-corrected chi connectivity index (χ0v) is 42.9. The summed E-state index contributed by atoms with van der Waals surface area (Å²) in [5.41, 5.74) is 0. The zero-order valence-electron chi connectivity index (χ0n) is 42.9. The van der Waals surface area contributed by atoms with Gasteiger partial charge in [0.25, 0.3) is 0 Å². The molecular weight excluding hydrogens is 809 g/mol. The van der Waals surface area contributed by atoms with E-state index < -0.39 is 0 Å². The Morgan fingerprint density at radius 3 is 0.667 bits per heavy atom. The van der Waals surface area contributed by atoms with Crippen molar-refractivity contribution in [2.75, 3.05) is 26.4 Å². The maximum Gasteiger partial charge on any atom is 0.161 e. The van der Waals surface area contributed by atoms with Crippen molar-refractivity contribution in [3.63, 3.8) is 0 Å². The van der Waals surface area contributed by atoms with Crippen molar-refractivity contribution in [3.05, 3.63) is 60.7 Å². The van der Waals surface area contributed by atoms with Gasteiger partial charge in [0.05, 0.1) is 26.4 Å². The molecule has 5 rings (SSSR count). The Labute approximate surface area is 403 Å². The summed E-state index contributed by atoms with van der Waals surface area (Å²) in [5.74, 6) is 3.47. The second-order valence-electron chi connectivity index (χ2n) is 19.7. The van der Waals surface area contributed by atoms with E-state index in [0.717, 1.165) is 48.7 Å². The molecule has 0 saturated heterocycles. The van der Waals surface area contributed by atoms with Crippen LogP contribution in [0.1, 0.15) is 233 Å². The fraction of sp³-hybridized carbons (Fsp3) is 0.645. The molecule has 0 aromatic heterocycles. The molecule has 4 nitrogen and oxygen atoms in total. The van der Waals surface area contributed by atoms with Gasteiger partial charge in [0, 0.05) is 0 Å². The molecule has 5 aromatic carbocycles. The van der Waals surface area contributed by atoms with Crippen molar-refractivity contribution < 1.29 is 18.9 Å². The van der Waals surface area contributed by atoms with Gasteiger partial charge in [-0.2, -0.15) is 0 Å². The molecule has 0 bridgehead atoms. The zero-order chi connectivity index (χ0) is 46.3. The largest absolute Gasteiger partial charge is 0.490 e. The van der Waals surface area contributed by atoms with Crippen LogP contribution in [0.15, 0.2) is 60.7 Å². The second-order valence-corrected chi connectivity index (χ2v) is 19.7. The predicted molar refractivity (Wildman–Crippen MR) is 289 cm³/mol. The Hall–Kier alpha value is -3.66. The number of benzene rings is 5. The SMILES string of the molecule is CCCCCCCCCCOc1cc2c3cc(OCCCCCCCCCC)c(OCCCCCCCCCC)cc3c3cc4ccccc4cc3c2cc1OCCCCCCCCCC. The first-order chi connectivity index (χ1) is 32.7. The smallest absolute Gasteiger partial charge is 0.161 e. The Kier molecular flexibility index (Phi) is 26.6. The molecule has 0 N–H and O–H groups in total. The number of fused-ring (bicyclic) bond motifs is 7. The molecule has 66 heavy (non-hydrogen) atoms. The molecule has 0 radical (unpaired) electrons. The Morgan fingerprint density at radius 1 is 0.242 bits per heavy atom. The topological polar surface area (TPSA) is 36.9 Å². The maximum absolute atomic E-state index is 6.77. The van der Waals surface area contributed by atoms with Gasteiger partial charge in [-0.05, 0) is 105 Å². The van der Waals surface area contributed by atoms with E-state index in [9.17, 15) is 0 Å². The van der Waals surface area contributed by atoms with Gasteiger partial charge in [0.1, 0.15) is 0 Å². The van der Waals surface area contributed by atoms with E-state index in [4.69, 9.17) is 18.9 Å². The highest BCUT2D eigenvalue weighted by Gasteiger charge is 2.19. The fourth-order valence-electron chi connectivity index (χ4n) is 9.82. The summed E-state index contributed by atoms with van der Waals surface area (Å²) in [4.78, 5) is 0. The quantitative estimate of drug-likeness (QED) is 0.0223. The van der Waals surface area contributed by atoms with E-state index in [-0.39, 0.29) is 0 Å². The van der Waals surface area contributed by atoms with Gasteiger partial charge in [-0.25, -0.2) is 0 Å². The number of hydrogen-bond acceptors (Lipinski definition) is 4. The summed E-state index contributed by atoms with van der Waals surface area (Å²) < 4.78 is 27.1. The molecular formula is C62H94O4. The first-order valence-corrected chi connectivity index (χ1v) is 28.1. The van der Waals surface area contributed by atoms with Gasteiger partial charge in [0.2, 0.25) is 0 Å². The minimum Gasteiger partial charge on any atom is -0.490 e. The van der Waals surface area contributed by atoms with E-state index in [2.05, 4.69) is 88.4 Å². The van der Waals surface area contributed by atoms with E-state index >= 15 is 0 Å². The van der Waals surface area contributed by atoms with Crippen LogP contribution in [0.5, 0.6) is 23.0 Å². The molecule has 0 saturated carbocycles. The van der Waals surface area contributed by atoms with Gasteiger partial charge in [0.15, 0.2) is 23.0 Å². The highest BCUT2D eigenvalue weighted by Crippen LogP contribution is 2.45. The molecule has 0 amide bonds. The predicted octanol–water partition coefficient (Wildman–Crippen LogP) is 20.4. The molecule has 0 atom stereocenters. The molecule has 5 aromatic rings. The van der Waals surface area contributed by atoms with Crippen LogP contribution in [0.3, 0.4) is 0 Å². The number of unbranched alkanes of at least 4 members (excludes halogenated alkanes) is 28. The molecule has 0 aliphatic heterocycles. The Balaban J connectivity index is 1.46. The van der Waals surface area contributed by atoms with Crippen LogP contribution in [0.25, 0.3) is 43.1 Å². The van der Waals surface area contributed by atoms with Gasteiger partial charge in [-0.3, -0.25) is 0 Å². The normalized spacial score (nSPS) is 11.7. The lowest BCUT2D eigenvalue weighted by Crippen LogP contribution is -2.04. The highest BCUT2D eigenvalue weighted by atomic mass is 16.5. The van der Waals surface area contributed by atoms with Crippen molar-refractivity contribution in [1.29, 1.82) is 0 Å². The van der Waals surface area contributed by atoms with Crippen LogP contribution in [-0.4, -0.2) is 26.4 Å². The molecule has 0 spiro atoms. The van der Waals surface area contributed by atoms with Gasteiger partial charge < -0.3 is 18.9 Å². The van der Waals surface area contributed by atoms with E-state index in [1.54, 1.807) is 0 Å². The third kappa shape index (κ3) is 18.4. The lowest BCUT2D eigenvalue weighted by Gasteiger charge is -2.19. The average Bonchev–Trinajstić information content (AvgIpc) is 3.34. The fourth-order valence-corrected chi connectivity index (χ4v) is 9.82. The van der Waals surface area contributed by atoms with E-state index in [1.165, 1.54) is 223 Å². The molecule has 0 heterocycles. The Bertz CT molecular complexity index is 1900. The molecule has 0 unspecified atom stereocenters. The third-order valence-electron chi connectivity index (χ3n) is 13.9. The maximum atomic E-state index is 6.77. The van der Waals surface area contributed by atoms with Gasteiger partial charge >= 0.3 is 0 Å².